The first-order chi connectivity index (χ1) is 12.2. The minimum atomic E-state index is 0.101. The topological polar surface area (TPSA) is 54.9 Å². The number of carbonyl (C=O) groups excluding carboxylic acids is 1. The SMILES string of the molecule is Cc1ccc(CSc2nnc(NC(=O)C[C@H]3C[C@H]4CC[C@@H]3C4)s2)cc1. The van der Waals surface area contributed by atoms with Crippen LogP contribution in [0.1, 0.15) is 43.2 Å². The van der Waals surface area contributed by atoms with Crippen LogP contribution < -0.4 is 5.32 Å². The summed E-state index contributed by atoms with van der Waals surface area (Å²) >= 11 is 3.13. The summed E-state index contributed by atoms with van der Waals surface area (Å²) in [7, 11) is 0. The number of amides is 1. The normalized spacial score (nSPS) is 24.6. The molecule has 1 aromatic carbocycles. The third-order valence-electron chi connectivity index (χ3n) is 5.47. The zero-order valence-corrected chi connectivity index (χ0v) is 16.0. The first kappa shape index (κ1) is 17.0. The molecule has 1 amide bonds. The molecule has 1 aromatic heterocycles. The van der Waals surface area contributed by atoms with Crippen LogP contribution in [0.3, 0.4) is 0 Å². The Labute approximate surface area is 156 Å². The van der Waals surface area contributed by atoms with Crippen molar-refractivity contribution < 1.29 is 4.79 Å². The summed E-state index contributed by atoms with van der Waals surface area (Å²) in [4.78, 5) is 12.3. The highest BCUT2D eigenvalue weighted by atomic mass is 32.2. The summed E-state index contributed by atoms with van der Waals surface area (Å²) in [6, 6.07) is 8.53. The molecule has 2 bridgehead atoms. The fourth-order valence-electron chi connectivity index (χ4n) is 4.18. The molecule has 132 valence electrons. The van der Waals surface area contributed by atoms with Crippen LogP contribution in [0.5, 0.6) is 0 Å². The van der Waals surface area contributed by atoms with Crippen molar-refractivity contribution in [3.05, 3.63) is 35.4 Å². The fourth-order valence-corrected chi connectivity index (χ4v) is 5.91. The van der Waals surface area contributed by atoms with E-state index in [4.69, 9.17) is 0 Å². The van der Waals surface area contributed by atoms with Gasteiger partial charge in [-0.15, -0.1) is 10.2 Å². The minimum Gasteiger partial charge on any atom is -0.300 e. The van der Waals surface area contributed by atoms with Crippen molar-refractivity contribution in [3.63, 3.8) is 0 Å². The van der Waals surface area contributed by atoms with E-state index in [0.29, 0.717) is 17.5 Å². The number of anilines is 1. The number of aryl methyl sites for hydroxylation is 1. The molecule has 0 saturated heterocycles. The second-order valence-electron chi connectivity index (χ2n) is 7.33. The van der Waals surface area contributed by atoms with Crippen molar-refractivity contribution in [2.75, 3.05) is 5.32 Å². The first-order valence-corrected chi connectivity index (χ1v) is 10.8. The van der Waals surface area contributed by atoms with Gasteiger partial charge in [-0.1, -0.05) is 59.3 Å². The number of benzene rings is 1. The average Bonchev–Trinajstić information content (AvgIpc) is 3.31. The molecule has 2 aromatic rings. The molecule has 25 heavy (non-hydrogen) atoms. The molecule has 0 radical (unpaired) electrons. The zero-order chi connectivity index (χ0) is 17.2. The van der Waals surface area contributed by atoms with Crippen LogP contribution in [0.2, 0.25) is 0 Å². The van der Waals surface area contributed by atoms with Crippen LogP contribution in [-0.2, 0) is 10.5 Å². The number of fused-ring (bicyclic) bond motifs is 2. The third-order valence-corrected chi connectivity index (χ3v) is 7.51. The minimum absolute atomic E-state index is 0.101. The Morgan fingerprint density at radius 1 is 1.24 bits per heavy atom. The lowest BCUT2D eigenvalue weighted by Crippen LogP contribution is -2.20. The molecule has 6 heteroatoms. The summed E-state index contributed by atoms with van der Waals surface area (Å²) in [6.07, 6.45) is 5.93. The van der Waals surface area contributed by atoms with Gasteiger partial charge in [0.05, 0.1) is 0 Å². The summed E-state index contributed by atoms with van der Waals surface area (Å²) in [6.45, 7) is 2.09. The van der Waals surface area contributed by atoms with Crippen molar-refractivity contribution in [1.82, 2.24) is 10.2 Å². The predicted molar refractivity (Wildman–Crippen MR) is 103 cm³/mol. The number of nitrogens with zero attached hydrogens (tertiary/aromatic N) is 2. The molecule has 0 spiro atoms. The molecular weight excluding hydrogens is 350 g/mol. The molecule has 3 atom stereocenters. The highest BCUT2D eigenvalue weighted by Crippen LogP contribution is 2.49. The molecule has 2 aliphatic rings. The Morgan fingerprint density at radius 2 is 2.08 bits per heavy atom. The number of carbonyl (C=O) groups is 1. The van der Waals surface area contributed by atoms with Crippen molar-refractivity contribution in [2.45, 2.75) is 49.1 Å². The number of thioether (sulfide) groups is 1. The monoisotopic (exact) mass is 373 g/mol. The highest BCUT2D eigenvalue weighted by Gasteiger charge is 2.40. The van der Waals surface area contributed by atoms with Crippen LogP contribution in [0.4, 0.5) is 5.13 Å². The van der Waals surface area contributed by atoms with Gasteiger partial charge < -0.3 is 5.32 Å². The van der Waals surface area contributed by atoms with Gasteiger partial charge in [0.1, 0.15) is 0 Å². The predicted octanol–water partition coefficient (Wildman–Crippen LogP) is 4.90. The maximum absolute atomic E-state index is 12.3. The Balaban J connectivity index is 1.26. The van der Waals surface area contributed by atoms with E-state index < -0.39 is 0 Å². The van der Waals surface area contributed by atoms with E-state index in [9.17, 15) is 4.79 Å². The van der Waals surface area contributed by atoms with E-state index in [1.165, 1.54) is 48.1 Å². The Hall–Kier alpha value is -1.40. The second kappa shape index (κ2) is 7.46. The molecule has 0 aliphatic heterocycles. The molecular formula is C19H23N3OS2. The van der Waals surface area contributed by atoms with Crippen LogP contribution in [0.15, 0.2) is 28.6 Å². The fraction of sp³-hybridized carbons (Fsp3) is 0.526. The summed E-state index contributed by atoms with van der Waals surface area (Å²) < 4.78 is 0.899. The van der Waals surface area contributed by atoms with Gasteiger partial charge in [-0.2, -0.15) is 0 Å². The molecule has 2 saturated carbocycles. The van der Waals surface area contributed by atoms with E-state index in [1.54, 1.807) is 11.8 Å². The van der Waals surface area contributed by atoms with E-state index in [0.717, 1.165) is 21.9 Å². The lowest BCUT2D eigenvalue weighted by molar-refractivity contribution is -0.117. The van der Waals surface area contributed by atoms with Gasteiger partial charge in [0, 0.05) is 12.2 Å². The van der Waals surface area contributed by atoms with Gasteiger partial charge in [-0.05, 0) is 49.5 Å². The Morgan fingerprint density at radius 3 is 2.80 bits per heavy atom. The molecule has 4 nitrogen and oxygen atoms in total. The van der Waals surface area contributed by atoms with Crippen molar-refractivity contribution >= 4 is 34.1 Å². The summed E-state index contributed by atoms with van der Waals surface area (Å²) in [5.41, 5.74) is 2.54. The van der Waals surface area contributed by atoms with Crippen molar-refractivity contribution in [2.24, 2.45) is 17.8 Å². The number of hydrogen-bond donors (Lipinski definition) is 1. The number of aromatic nitrogens is 2. The smallest absolute Gasteiger partial charge is 0.226 e. The van der Waals surface area contributed by atoms with E-state index >= 15 is 0 Å². The van der Waals surface area contributed by atoms with Gasteiger partial charge >= 0.3 is 0 Å². The maximum Gasteiger partial charge on any atom is 0.226 e. The molecule has 1 N–H and O–H groups in total. The van der Waals surface area contributed by atoms with Crippen LogP contribution >= 0.6 is 23.1 Å². The molecule has 1 heterocycles. The molecule has 4 rings (SSSR count). The Kier molecular flexibility index (Phi) is 5.08. The van der Waals surface area contributed by atoms with E-state index in [2.05, 4.69) is 46.7 Å². The summed E-state index contributed by atoms with van der Waals surface area (Å²) in [5, 5.41) is 11.9. The van der Waals surface area contributed by atoms with Crippen molar-refractivity contribution in [1.29, 1.82) is 0 Å². The third kappa shape index (κ3) is 4.23. The van der Waals surface area contributed by atoms with Gasteiger partial charge in [-0.3, -0.25) is 4.79 Å². The zero-order valence-electron chi connectivity index (χ0n) is 14.4. The van der Waals surface area contributed by atoms with Crippen LogP contribution in [-0.4, -0.2) is 16.1 Å². The first-order valence-electron chi connectivity index (χ1n) is 8.97. The van der Waals surface area contributed by atoms with Gasteiger partial charge in [0.2, 0.25) is 11.0 Å². The number of nitrogens with one attached hydrogen (secondary N) is 1. The van der Waals surface area contributed by atoms with Gasteiger partial charge in [0.15, 0.2) is 4.34 Å². The quantitative estimate of drug-likeness (QED) is 0.578. The number of hydrogen-bond acceptors (Lipinski definition) is 5. The number of rotatable bonds is 6. The lowest BCUT2D eigenvalue weighted by Gasteiger charge is -2.20. The molecule has 0 unspecified atom stereocenters. The second-order valence-corrected chi connectivity index (χ2v) is 9.53. The van der Waals surface area contributed by atoms with Gasteiger partial charge in [-0.25, -0.2) is 0 Å². The van der Waals surface area contributed by atoms with Gasteiger partial charge in [0.25, 0.3) is 0 Å². The molecule has 2 aliphatic carbocycles. The standard InChI is InChI=1S/C19H23N3OS2/c1-12-2-4-13(5-3-12)11-24-19-22-21-18(25-19)20-17(23)10-16-9-14-6-7-15(16)8-14/h2-5,14-16H,6-11H2,1H3,(H,20,21,23)/t14-,15+,16+/m0/s1. The average molecular weight is 374 g/mol. The van der Waals surface area contributed by atoms with E-state index in [-0.39, 0.29) is 5.91 Å². The Bertz CT molecular complexity index is 743. The van der Waals surface area contributed by atoms with Crippen molar-refractivity contribution in [3.8, 4) is 0 Å². The lowest BCUT2D eigenvalue weighted by atomic mass is 9.86. The maximum atomic E-state index is 12.3. The molecule has 2 fully saturated rings. The van der Waals surface area contributed by atoms with Crippen LogP contribution in [0, 0.1) is 24.7 Å². The van der Waals surface area contributed by atoms with E-state index in [1.807, 2.05) is 0 Å². The summed E-state index contributed by atoms with van der Waals surface area (Å²) in [5.74, 6) is 3.22. The highest BCUT2D eigenvalue weighted by molar-refractivity contribution is 8.00. The van der Waals surface area contributed by atoms with Crippen LogP contribution in [0.25, 0.3) is 0 Å². The largest absolute Gasteiger partial charge is 0.300 e.